The van der Waals surface area contributed by atoms with Gasteiger partial charge in [-0.05, 0) is 18.4 Å². The lowest BCUT2D eigenvalue weighted by Gasteiger charge is -2.08. The SMILES string of the molecule is COc1ncnc(C2CC2)c1-c1nc2cc(Cc3ccc(-c4nc(C(F)(F)F)cn4C)cc3)ncn2n1. The summed E-state index contributed by atoms with van der Waals surface area (Å²) in [5.74, 6) is 1.54. The normalized spacial score (nSPS) is 13.9. The first-order chi connectivity index (χ1) is 17.8. The first-order valence-electron chi connectivity index (χ1n) is 11.6. The quantitative estimate of drug-likeness (QED) is 0.335. The predicted octanol–water partition coefficient (Wildman–Crippen LogP) is 4.48. The number of hydrogen-bond donors (Lipinski definition) is 0. The molecule has 0 saturated heterocycles. The van der Waals surface area contributed by atoms with Gasteiger partial charge in [0.2, 0.25) is 5.88 Å². The molecule has 0 aliphatic heterocycles. The fourth-order valence-electron chi connectivity index (χ4n) is 4.30. The van der Waals surface area contributed by atoms with Gasteiger partial charge in [0.05, 0.1) is 18.5 Å². The van der Waals surface area contributed by atoms with Crippen molar-refractivity contribution in [1.29, 1.82) is 0 Å². The van der Waals surface area contributed by atoms with E-state index in [2.05, 4.69) is 25.0 Å². The number of imidazole rings is 1. The third kappa shape index (κ3) is 4.39. The molecule has 0 unspecified atom stereocenters. The molecule has 37 heavy (non-hydrogen) atoms. The van der Waals surface area contributed by atoms with Crippen molar-refractivity contribution in [3.8, 4) is 28.7 Å². The Morgan fingerprint density at radius 2 is 1.84 bits per heavy atom. The number of hydrogen-bond acceptors (Lipinski definition) is 7. The van der Waals surface area contributed by atoms with Crippen LogP contribution in [0.5, 0.6) is 5.88 Å². The van der Waals surface area contributed by atoms with E-state index in [1.165, 1.54) is 10.9 Å². The molecule has 0 radical (unpaired) electrons. The van der Waals surface area contributed by atoms with E-state index in [9.17, 15) is 13.2 Å². The number of alkyl halides is 3. The topological polar surface area (TPSA) is 95.9 Å². The number of ether oxygens (including phenoxy) is 1. The van der Waals surface area contributed by atoms with Gasteiger partial charge < -0.3 is 9.30 Å². The molecular formula is C25H21F3N8O. The van der Waals surface area contributed by atoms with Crippen LogP contribution in [0.25, 0.3) is 28.4 Å². The van der Waals surface area contributed by atoms with E-state index >= 15 is 0 Å². The summed E-state index contributed by atoms with van der Waals surface area (Å²) in [7, 11) is 3.11. The molecule has 0 spiro atoms. The maximum Gasteiger partial charge on any atom is 0.434 e. The maximum absolute atomic E-state index is 13.0. The zero-order valence-corrected chi connectivity index (χ0v) is 19.9. The van der Waals surface area contributed by atoms with Gasteiger partial charge >= 0.3 is 6.18 Å². The van der Waals surface area contributed by atoms with E-state index in [1.54, 1.807) is 37.1 Å². The van der Waals surface area contributed by atoms with Crippen LogP contribution in [0.15, 0.2) is 49.2 Å². The fraction of sp³-hybridized carbons (Fsp3) is 0.280. The van der Waals surface area contributed by atoms with Crippen molar-refractivity contribution in [2.24, 2.45) is 7.05 Å². The van der Waals surface area contributed by atoms with E-state index in [-0.39, 0.29) is 5.82 Å². The van der Waals surface area contributed by atoms with Gasteiger partial charge in [-0.3, -0.25) is 0 Å². The lowest BCUT2D eigenvalue weighted by Crippen LogP contribution is -2.04. The van der Waals surface area contributed by atoms with Crippen LogP contribution in [0.4, 0.5) is 13.2 Å². The second-order valence-electron chi connectivity index (χ2n) is 8.97. The molecule has 188 valence electrons. The van der Waals surface area contributed by atoms with Crippen molar-refractivity contribution in [3.05, 3.63) is 71.8 Å². The van der Waals surface area contributed by atoms with Crippen LogP contribution in [0.3, 0.4) is 0 Å². The van der Waals surface area contributed by atoms with Crippen LogP contribution >= 0.6 is 0 Å². The number of methoxy groups -OCH3 is 1. The van der Waals surface area contributed by atoms with Gasteiger partial charge in [-0.25, -0.2) is 29.4 Å². The highest BCUT2D eigenvalue weighted by molar-refractivity contribution is 5.67. The number of aryl methyl sites for hydroxylation is 1. The number of rotatable bonds is 6. The summed E-state index contributed by atoms with van der Waals surface area (Å²) in [6.45, 7) is 0. The molecule has 5 aromatic rings. The number of aromatic nitrogens is 8. The third-order valence-electron chi connectivity index (χ3n) is 6.27. The molecule has 1 aromatic carbocycles. The predicted molar refractivity (Wildman–Crippen MR) is 127 cm³/mol. The van der Waals surface area contributed by atoms with Crippen LogP contribution in [-0.2, 0) is 19.6 Å². The summed E-state index contributed by atoms with van der Waals surface area (Å²) in [6, 6.07) is 9.07. The highest BCUT2D eigenvalue weighted by Crippen LogP contribution is 2.44. The molecule has 0 bridgehead atoms. The number of nitrogens with zero attached hydrogens (tertiary/aromatic N) is 8. The molecule has 6 rings (SSSR count). The van der Waals surface area contributed by atoms with Crippen LogP contribution < -0.4 is 4.74 Å². The van der Waals surface area contributed by atoms with Crippen LogP contribution in [0.2, 0.25) is 0 Å². The molecule has 0 atom stereocenters. The molecule has 0 N–H and O–H groups in total. The molecule has 12 heteroatoms. The number of benzene rings is 1. The van der Waals surface area contributed by atoms with Gasteiger partial charge in [-0.1, -0.05) is 24.3 Å². The second-order valence-corrected chi connectivity index (χ2v) is 8.97. The first-order valence-corrected chi connectivity index (χ1v) is 11.6. The standard InChI is InChI=1S/C25H21F3N8O/c1-35-11-18(25(26,27)28)32-23(35)16-5-3-14(4-6-16)9-17-10-19-33-22(34-36(19)13-31-17)20-21(15-7-8-15)29-12-30-24(20)37-2/h3-6,10-13,15H,7-9H2,1-2H3. The summed E-state index contributed by atoms with van der Waals surface area (Å²) in [5.41, 5.74) is 3.62. The van der Waals surface area contributed by atoms with Crippen LogP contribution in [0, 0.1) is 0 Å². The van der Waals surface area contributed by atoms with E-state index in [0.29, 0.717) is 40.8 Å². The van der Waals surface area contributed by atoms with Gasteiger partial charge in [0.15, 0.2) is 17.2 Å². The smallest absolute Gasteiger partial charge is 0.434 e. The summed E-state index contributed by atoms with van der Waals surface area (Å²) in [4.78, 5) is 21.6. The summed E-state index contributed by atoms with van der Waals surface area (Å²) in [6.07, 6.45) is 2.25. The number of halogens is 3. The highest BCUT2D eigenvalue weighted by atomic mass is 19.4. The van der Waals surface area contributed by atoms with Gasteiger partial charge in [0.25, 0.3) is 0 Å². The van der Waals surface area contributed by atoms with Crippen molar-refractivity contribution in [3.63, 3.8) is 0 Å². The Hall–Kier alpha value is -4.35. The fourth-order valence-corrected chi connectivity index (χ4v) is 4.30. The maximum atomic E-state index is 13.0. The molecule has 1 saturated carbocycles. The largest absolute Gasteiger partial charge is 0.480 e. The Bertz CT molecular complexity index is 1600. The Morgan fingerprint density at radius 1 is 1.05 bits per heavy atom. The Labute approximate surface area is 209 Å². The van der Waals surface area contributed by atoms with E-state index in [1.807, 2.05) is 18.2 Å². The summed E-state index contributed by atoms with van der Waals surface area (Å²) >= 11 is 0. The Balaban J connectivity index is 1.26. The van der Waals surface area contributed by atoms with Gasteiger partial charge in [0.1, 0.15) is 24.0 Å². The van der Waals surface area contributed by atoms with E-state index in [4.69, 9.17) is 9.72 Å². The Morgan fingerprint density at radius 3 is 2.51 bits per heavy atom. The van der Waals surface area contributed by atoms with Crippen molar-refractivity contribution in [2.75, 3.05) is 7.11 Å². The van der Waals surface area contributed by atoms with Crippen LogP contribution in [0.1, 0.15) is 41.4 Å². The molecular weight excluding hydrogens is 485 g/mol. The van der Waals surface area contributed by atoms with Crippen molar-refractivity contribution in [1.82, 2.24) is 39.1 Å². The first kappa shape index (κ1) is 23.1. The van der Waals surface area contributed by atoms with Gasteiger partial charge in [-0.2, -0.15) is 13.2 Å². The molecule has 1 aliphatic carbocycles. The van der Waals surface area contributed by atoms with Crippen molar-refractivity contribution >= 4 is 5.65 Å². The number of fused-ring (bicyclic) bond motifs is 1. The summed E-state index contributed by atoms with van der Waals surface area (Å²) in [5, 5.41) is 4.58. The minimum Gasteiger partial charge on any atom is -0.480 e. The molecule has 4 aromatic heterocycles. The average molecular weight is 506 g/mol. The molecule has 1 aliphatic rings. The van der Waals surface area contributed by atoms with E-state index in [0.717, 1.165) is 36.0 Å². The van der Waals surface area contributed by atoms with Crippen LogP contribution in [-0.4, -0.2) is 46.2 Å². The van der Waals surface area contributed by atoms with Gasteiger partial charge in [0, 0.05) is 37.2 Å². The van der Waals surface area contributed by atoms with E-state index < -0.39 is 11.9 Å². The Kier molecular flexibility index (Phi) is 5.39. The minimum atomic E-state index is -4.49. The van der Waals surface area contributed by atoms with Crippen molar-refractivity contribution < 1.29 is 17.9 Å². The lowest BCUT2D eigenvalue weighted by atomic mass is 10.1. The monoisotopic (exact) mass is 506 g/mol. The van der Waals surface area contributed by atoms with Crippen molar-refractivity contribution in [2.45, 2.75) is 31.4 Å². The zero-order valence-electron chi connectivity index (χ0n) is 19.9. The van der Waals surface area contributed by atoms with Gasteiger partial charge in [-0.15, -0.1) is 5.10 Å². The molecule has 0 amide bonds. The summed E-state index contributed by atoms with van der Waals surface area (Å²) < 4.78 is 47.4. The minimum absolute atomic E-state index is 0.250. The highest BCUT2D eigenvalue weighted by Gasteiger charge is 2.34. The molecule has 4 heterocycles. The second kappa shape index (κ2) is 8.64. The lowest BCUT2D eigenvalue weighted by molar-refractivity contribution is -0.140. The average Bonchev–Trinajstić information content (AvgIpc) is 3.52. The zero-order chi connectivity index (χ0) is 25.7. The molecule has 9 nitrogen and oxygen atoms in total. The molecule has 1 fully saturated rings. The third-order valence-corrected chi connectivity index (χ3v) is 6.27.